The number of nitrogens with zero attached hydrogens (tertiary/aromatic N) is 1. The number of carbonyl (C=O) groups excluding carboxylic acids is 1. The maximum absolute atomic E-state index is 13.9. The van der Waals surface area contributed by atoms with Crippen molar-refractivity contribution < 1.29 is 18.7 Å². The van der Waals surface area contributed by atoms with Crippen molar-refractivity contribution in [3.8, 4) is 5.75 Å². The first-order valence-corrected chi connectivity index (χ1v) is 8.45. The minimum Gasteiger partial charge on any atom is -0.493 e. The van der Waals surface area contributed by atoms with Crippen LogP contribution in [0.5, 0.6) is 5.75 Å². The van der Waals surface area contributed by atoms with Gasteiger partial charge in [-0.25, -0.2) is 9.18 Å². The van der Waals surface area contributed by atoms with Gasteiger partial charge in [-0.15, -0.1) is 0 Å². The van der Waals surface area contributed by atoms with Gasteiger partial charge in [-0.1, -0.05) is 13.8 Å². The van der Waals surface area contributed by atoms with E-state index in [-0.39, 0.29) is 18.7 Å². The zero-order valence-corrected chi connectivity index (χ0v) is 14.8. The Morgan fingerprint density at radius 1 is 1.33 bits per heavy atom. The summed E-state index contributed by atoms with van der Waals surface area (Å²) in [7, 11) is 0. The summed E-state index contributed by atoms with van der Waals surface area (Å²) in [6, 6.07) is 4.62. The molecular formula is C18H27FN2O3. The van der Waals surface area contributed by atoms with Crippen molar-refractivity contribution in [1.29, 1.82) is 0 Å². The van der Waals surface area contributed by atoms with Gasteiger partial charge >= 0.3 is 6.09 Å². The Hall–Kier alpha value is -1.82. The summed E-state index contributed by atoms with van der Waals surface area (Å²) < 4.78 is 24.9. The average Bonchev–Trinajstić information content (AvgIpc) is 2.52. The van der Waals surface area contributed by atoms with E-state index in [0.717, 1.165) is 13.1 Å². The molecule has 0 spiro atoms. The second kappa shape index (κ2) is 8.33. The molecule has 0 saturated carbocycles. The molecule has 1 N–H and O–H groups in total. The van der Waals surface area contributed by atoms with E-state index in [9.17, 15) is 9.18 Å². The molecule has 0 radical (unpaired) electrons. The first-order valence-electron chi connectivity index (χ1n) is 8.45. The van der Waals surface area contributed by atoms with E-state index in [1.807, 2.05) is 27.7 Å². The molecule has 134 valence electrons. The van der Waals surface area contributed by atoms with Gasteiger partial charge in [-0.2, -0.15) is 0 Å². The molecule has 1 aliphatic heterocycles. The second-order valence-electron chi connectivity index (χ2n) is 6.78. The predicted molar refractivity (Wildman–Crippen MR) is 90.6 cm³/mol. The molecule has 0 aromatic heterocycles. The van der Waals surface area contributed by atoms with Gasteiger partial charge in [0.05, 0.1) is 6.61 Å². The monoisotopic (exact) mass is 338 g/mol. The van der Waals surface area contributed by atoms with Gasteiger partial charge in [0.1, 0.15) is 18.2 Å². The highest BCUT2D eigenvalue weighted by atomic mass is 19.1. The van der Waals surface area contributed by atoms with Crippen molar-refractivity contribution in [3.05, 3.63) is 29.6 Å². The van der Waals surface area contributed by atoms with Crippen LogP contribution < -0.4 is 10.1 Å². The molecule has 1 heterocycles. The smallest absolute Gasteiger partial charge is 0.410 e. The minimum absolute atomic E-state index is 0.0480. The molecular weight excluding hydrogens is 311 g/mol. The predicted octanol–water partition coefficient (Wildman–Crippen LogP) is 3.18. The van der Waals surface area contributed by atoms with Crippen molar-refractivity contribution in [2.75, 3.05) is 19.7 Å². The third-order valence-electron chi connectivity index (χ3n) is 3.99. The highest BCUT2D eigenvalue weighted by molar-refractivity contribution is 5.68. The summed E-state index contributed by atoms with van der Waals surface area (Å²) >= 11 is 0. The van der Waals surface area contributed by atoms with E-state index in [2.05, 4.69) is 5.32 Å². The lowest BCUT2D eigenvalue weighted by molar-refractivity contribution is 0.0557. The number of rotatable bonds is 5. The zero-order chi connectivity index (χ0) is 17.7. The SMILES string of the molecule is CC(C)COc1ccc(F)c(COC(=O)N2C(C)CNCC2C)c1. The third-order valence-corrected chi connectivity index (χ3v) is 3.99. The summed E-state index contributed by atoms with van der Waals surface area (Å²) in [6.07, 6.45) is -0.413. The van der Waals surface area contributed by atoms with Crippen LogP contribution >= 0.6 is 0 Å². The van der Waals surface area contributed by atoms with Gasteiger partial charge in [0.15, 0.2) is 0 Å². The Bertz CT molecular complexity index is 555. The number of halogens is 1. The maximum Gasteiger partial charge on any atom is 0.410 e. The van der Waals surface area contributed by atoms with E-state index < -0.39 is 11.9 Å². The van der Waals surface area contributed by atoms with Crippen molar-refractivity contribution >= 4 is 6.09 Å². The number of hydrogen-bond acceptors (Lipinski definition) is 4. The van der Waals surface area contributed by atoms with Gasteiger partial charge in [0.2, 0.25) is 0 Å². The molecule has 2 unspecified atom stereocenters. The van der Waals surface area contributed by atoms with Crippen LogP contribution in [0.1, 0.15) is 33.3 Å². The Morgan fingerprint density at radius 2 is 2.00 bits per heavy atom. The number of amides is 1. The van der Waals surface area contributed by atoms with Gasteiger partial charge in [-0.3, -0.25) is 0 Å². The molecule has 1 aromatic carbocycles. The lowest BCUT2D eigenvalue weighted by atomic mass is 10.1. The quantitative estimate of drug-likeness (QED) is 0.896. The van der Waals surface area contributed by atoms with E-state index in [0.29, 0.717) is 23.8 Å². The molecule has 24 heavy (non-hydrogen) atoms. The zero-order valence-electron chi connectivity index (χ0n) is 14.8. The molecule has 1 aromatic rings. The molecule has 2 rings (SSSR count). The molecule has 6 heteroatoms. The summed E-state index contributed by atoms with van der Waals surface area (Å²) in [5.74, 6) is 0.563. The van der Waals surface area contributed by atoms with Crippen LogP contribution in [0.25, 0.3) is 0 Å². The topological polar surface area (TPSA) is 50.8 Å². The van der Waals surface area contributed by atoms with Gasteiger partial charge in [0.25, 0.3) is 0 Å². The highest BCUT2D eigenvalue weighted by Crippen LogP contribution is 2.19. The van der Waals surface area contributed by atoms with Crippen molar-refractivity contribution in [3.63, 3.8) is 0 Å². The Kier molecular flexibility index (Phi) is 6.43. The average molecular weight is 338 g/mol. The standard InChI is InChI=1S/C18H27FN2O3/c1-12(2)10-23-16-5-6-17(19)15(7-16)11-24-18(22)21-13(3)8-20-9-14(21)4/h5-7,12-14,20H,8-11H2,1-4H3. The first-order chi connectivity index (χ1) is 11.4. The number of piperazine rings is 1. The summed E-state index contributed by atoms with van der Waals surface area (Å²) in [6.45, 7) is 9.92. The fraction of sp³-hybridized carbons (Fsp3) is 0.611. The normalized spacial score (nSPS) is 21.0. The van der Waals surface area contributed by atoms with Crippen LogP contribution in [0, 0.1) is 11.7 Å². The van der Waals surface area contributed by atoms with Crippen LogP contribution in [0.15, 0.2) is 18.2 Å². The van der Waals surface area contributed by atoms with E-state index in [1.165, 1.54) is 6.07 Å². The van der Waals surface area contributed by atoms with E-state index in [4.69, 9.17) is 9.47 Å². The van der Waals surface area contributed by atoms with Crippen LogP contribution in [-0.4, -0.2) is 42.8 Å². The molecule has 1 aliphatic rings. The lowest BCUT2D eigenvalue weighted by Crippen LogP contribution is -2.57. The summed E-state index contributed by atoms with van der Waals surface area (Å²) in [5, 5.41) is 3.26. The number of hydrogen-bond donors (Lipinski definition) is 1. The van der Waals surface area contributed by atoms with Crippen LogP contribution in [0.2, 0.25) is 0 Å². The minimum atomic E-state index is -0.413. The molecule has 0 bridgehead atoms. The molecule has 1 fully saturated rings. The second-order valence-corrected chi connectivity index (χ2v) is 6.78. The fourth-order valence-electron chi connectivity index (χ4n) is 2.72. The van der Waals surface area contributed by atoms with Gasteiger partial charge < -0.3 is 19.7 Å². The molecule has 1 amide bonds. The Morgan fingerprint density at radius 3 is 2.62 bits per heavy atom. The molecule has 2 atom stereocenters. The van der Waals surface area contributed by atoms with E-state index >= 15 is 0 Å². The van der Waals surface area contributed by atoms with Crippen molar-refractivity contribution in [2.24, 2.45) is 5.92 Å². The highest BCUT2D eigenvalue weighted by Gasteiger charge is 2.30. The maximum atomic E-state index is 13.9. The molecule has 0 aliphatic carbocycles. The number of benzene rings is 1. The number of carbonyl (C=O) groups is 1. The summed E-state index contributed by atoms with van der Waals surface area (Å²) in [4.78, 5) is 14.0. The third kappa shape index (κ3) is 4.84. The van der Waals surface area contributed by atoms with Crippen molar-refractivity contribution in [1.82, 2.24) is 10.2 Å². The number of nitrogens with one attached hydrogen (secondary N) is 1. The molecule has 1 saturated heterocycles. The van der Waals surface area contributed by atoms with Crippen LogP contribution in [0.4, 0.5) is 9.18 Å². The fourth-order valence-corrected chi connectivity index (χ4v) is 2.72. The van der Waals surface area contributed by atoms with Crippen molar-refractivity contribution in [2.45, 2.75) is 46.4 Å². The van der Waals surface area contributed by atoms with Gasteiger partial charge in [0, 0.05) is 30.7 Å². The first kappa shape index (κ1) is 18.5. The Balaban J connectivity index is 1.97. The van der Waals surface area contributed by atoms with E-state index in [1.54, 1.807) is 17.0 Å². The lowest BCUT2D eigenvalue weighted by Gasteiger charge is -2.38. The number of ether oxygens (including phenoxy) is 2. The molecule has 5 nitrogen and oxygen atoms in total. The van der Waals surface area contributed by atoms with Gasteiger partial charge in [-0.05, 0) is 38.0 Å². The largest absolute Gasteiger partial charge is 0.493 e. The summed E-state index contributed by atoms with van der Waals surface area (Å²) in [5.41, 5.74) is 0.319. The van der Waals surface area contributed by atoms with Crippen LogP contribution in [-0.2, 0) is 11.3 Å². The Labute approximate surface area is 143 Å². The van der Waals surface area contributed by atoms with Crippen LogP contribution in [0.3, 0.4) is 0 Å².